The van der Waals surface area contributed by atoms with E-state index in [0.717, 1.165) is 12.8 Å². The highest BCUT2D eigenvalue weighted by molar-refractivity contribution is 5.80. The Hall–Kier alpha value is -1.10. The monoisotopic (exact) mass is 185 g/mol. The quantitative estimate of drug-likeness (QED) is 0.444. The summed E-state index contributed by atoms with van der Waals surface area (Å²) in [5, 5.41) is 5.58. The van der Waals surface area contributed by atoms with Gasteiger partial charge < -0.3 is 16.4 Å². The highest BCUT2D eigenvalue weighted by atomic mass is 16.2. The molecular weight excluding hydrogens is 170 g/mol. The van der Waals surface area contributed by atoms with Gasteiger partial charge in [0.2, 0.25) is 11.8 Å². The van der Waals surface area contributed by atoms with E-state index < -0.39 is 0 Å². The summed E-state index contributed by atoms with van der Waals surface area (Å²) in [5.74, 6) is -0.00876. The van der Waals surface area contributed by atoms with Crippen molar-refractivity contribution < 1.29 is 9.59 Å². The van der Waals surface area contributed by atoms with Gasteiger partial charge in [0, 0.05) is 19.0 Å². The van der Waals surface area contributed by atoms with Gasteiger partial charge in [0.05, 0.1) is 6.54 Å². The lowest BCUT2D eigenvalue weighted by Gasteiger charge is -2.04. The van der Waals surface area contributed by atoms with Crippen molar-refractivity contribution in [1.82, 2.24) is 10.6 Å². The van der Waals surface area contributed by atoms with E-state index in [9.17, 15) is 9.59 Å². The summed E-state index contributed by atoms with van der Waals surface area (Å²) in [5.41, 5.74) is 4.90. The van der Waals surface area contributed by atoms with Crippen LogP contribution in [0.3, 0.4) is 0 Å². The first kappa shape index (κ1) is 9.98. The molecule has 0 atom stereocenters. The largest absolute Gasteiger partial charge is 0.369 e. The van der Waals surface area contributed by atoms with Gasteiger partial charge in [-0.25, -0.2) is 0 Å². The van der Waals surface area contributed by atoms with Crippen molar-refractivity contribution in [2.45, 2.75) is 12.8 Å². The molecule has 1 fully saturated rings. The van der Waals surface area contributed by atoms with E-state index in [0.29, 0.717) is 13.1 Å². The molecule has 4 N–H and O–H groups in total. The van der Waals surface area contributed by atoms with Crippen molar-refractivity contribution in [2.75, 3.05) is 19.6 Å². The van der Waals surface area contributed by atoms with Crippen LogP contribution in [0.5, 0.6) is 0 Å². The molecular formula is C8H15N3O2. The van der Waals surface area contributed by atoms with Gasteiger partial charge in [-0.1, -0.05) is 0 Å². The Kier molecular flexibility index (Phi) is 3.70. The second-order valence-electron chi connectivity index (χ2n) is 3.21. The number of hydrogen-bond donors (Lipinski definition) is 3. The first-order valence-electron chi connectivity index (χ1n) is 4.47. The number of amides is 2. The van der Waals surface area contributed by atoms with Gasteiger partial charge in [-0.05, 0) is 12.8 Å². The van der Waals surface area contributed by atoms with Gasteiger partial charge in [0.25, 0.3) is 0 Å². The maximum absolute atomic E-state index is 11.1. The predicted octanol–water partition coefficient (Wildman–Crippen LogP) is -1.41. The molecule has 0 aromatic heterocycles. The summed E-state index contributed by atoms with van der Waals surface area (Å²) in [6.07, 6.45) is 2.03. The average molecular weight is 185 g/mol. The van der Waals surface area contributed by atoms with Crippen molar-refractivity contribution in [2.24, 2.45) is 11.7 Å². The zero-order chi connectivity index (χ0) is 9.68. The van der Waals surface area contributed by atoms with Crippen LogP contribution in [0.2, 0.25) is 0 Å². The molecule has 0 bridgehead atoms. The standard InChI is InChI=1S/C8H15N3O2/c9-7(12)5-10-3-4-11-8(13)6-1-2-6/h6,10H,1-5H2,(H2,9,12)(H,11,13). The lowest BCUT2D eigenvalue weighted by Crippen LogP contribution is -2.36. The zero-order valence-electron chi connectivity index (χ0n) is 7.51. The Morgan fingerprint density at radius 2 is 2.00 bits per heavy atom. The van der Waals surface area contributed by atoms with Crippen LogP contribution in [-0.4, -0.2) is 31.4 Å². The number of rotatable bonds is 6. The number of hydrogen-bond acceptors (Lipinski definition) is 3. The predicted molar refractivity (Wildman–Crippen MR) is 47.8 cm³/mol. The van der Waals surface area contributed by atoms with E-state index in [2.05, 4.69) is 10.6 Å². The molecule has 0 radical (unpaired) electrons. The maximum atomic E-state index is 11.1. The van der Waals surface area contributed by atoms with Crippen LogP contribution in [0.1, 0.15) is 12.8 Å². The van der Waals surface area contributed by atoms with Gasteiger partial charge in [0.15, 0.2) is 0 Å². The van der Waals surface area contributed by atoms with Crippen LogP contribution in [0.15, 0.2) is 0 Å². The summed E-state index contributed by atoms with van der Waals surface area (Å²) >= 11 is 0. The van der Waals surface area contributed by atoms with Crippen LogP contribution in [0.4, 0.5) is 0 Å². The van der Waals surface area contributed by atoms with Gasteiger partial charge in [-0.15, -0.1) is 0 Å². The van der Waals surface area contributed by atoms with E-state index >= 15 is 0 Å². The van der Waals surface area contributed by atoms with Gasteiger partial charge in [-0.3, -0.25) is 9.59 Å². The Morgan fingerprint density at radius 1 is 1.31 bits per heavy atom. The molecule has 0 aromatic carbocycles. The maximum Gasteiger partial charge on any atom is 0.231 e. The van der Waals surface area contributed by atoms with E-state index in [1.54, 1.807) is 0 Å². The molecule has 2 amide bonds. The summed E-state index contributed by atoms with van der Waals surface area (Å²) in [4.78, 5) is 21.4. The van der Waals surface area contributed by atoms with E-state index in [-0.39, 0.29) is 24.3 Å². The topological polar surface area (TPSA) is 84.2 Å². The molecule has 1 aliphatic carbocycles. The molecule has 0 spiro atoms. The van der Waals surface area contributed by atoms with Crippen molar-refractivity contribution in [1.29, 1.82) is 0 Å². The third kappa shape index (κ3) is 4.47. The molecule has 0 heterocycles. The summed E-state index contributed by atoms with van der Waals surface area (Å²) in [7, 11) is 0. The first-order valence-corrected chi connectivity index (χ1v) is 4.47. The Labute approximate surface area is 77.1 Å². The average Bonchev–Trinajstić information content (AvgIpc) is 2.85. The van der Waals surface area contributed by atoms with E-state index in [1.165, 1.54) is 0 Å². The molecule has 0 saturated heterocycles. The fourth-order valence-corrected chi connectivity index (χ4v) is 0.976. The summed E-state index contributed by atoms with van der Waals surface area (Å²) < 4.78 is 0. The Morgan fingerprint density at radius 3 is 2.54 bits per heavy atom. The van der Waals surface area contributed by atoms with Crippen LogP contribution in [0, 0.1) is 5.92 Å². The molecule has 5 heteroatoms. The van der Waals surface area contributed by atoms with Gasteiger partial charge in [0.1, 0.15) is 0 Å². The minimum atomic E-state index is -0.381. The summed E-state index contributed by atoms with van der Waals surface area (Å²) in [6.45, 7) is 1.31. The Bertz CT molecular complexity index is 202. The number of nitrogens with one attached hydrogen (secondary N) is 2. The van der Waals surface area contributed by atoms with E-state index in [1.807, 2.05) is 0 Å². The smallest absolute Gasteiger partial charge is 0.231 e. The van der Waals surface area contributed by atoms with Crippen LogP contribution < -0.4 is 16.4 Å². The third-order valence-electron chi connectivity index (χ3n) is 1.85. The fraction of sp³-hybridized carbons (Fsp3) is 0.750. The lowest BCUT2D eigenvalue weighted by molar-refractivity contribution is -0.122. The van der Waals surface area contributed by atoms with Gasteiger partial charge >= 0.3 is 0 Å². The normalized spacial score (nSPS) is 15.4. The zero-order valence-corrected chi connectivity index (χ0v) is 7.51. The lowest BCUT2D eigenvalue weighted by atomic mass is 10.4. The molecule has 1 aliphatic rings. The number of carbonyl (C=O) groups is 2. The highest BCUT2D eigenvalue weighted by Crippen LogP contribution is 2.28. The molecule has 5 nitrogen and oxygen atoms in total. The number of primary amides is 1. The fourth-order valence-electron chi connectivity index (χ4n) is 0.976. The van der Waals surface area contributed by atoms with Crippen LogP contribution in [0.25, 0.3) is 0 Å². The second-order valence-corrected chi connectivity index (χ2v) is 3.21. The highest BCUT2D eigenvalue weighted by Gasteiger charge is 2.28. The van der Waals surface area contributed by atoms with Gasteiger partial charge in [-0.2, -0.15) is 0 Å². The Balaban J connectivity index is 1.88. The molecule has 74 valence electrons. The molecule has 1 rings (SSSR count). The minimum absolute atomic E-state index is 0.126. The number of carbonyl (C=O) groups excluding carboxylic acids is 2. The van der Waals surface area contributed by atoms with Crippen LogP contribution >= 0.6 is 0 Å². The third-order valence-corrected chi connectivity index (χ3v) is 1.85. The number of nitrogens with two attached hydrogens (primary N) is 1. The molecule has 0 aliphatic heterocycles. The molecule has 1 saturated carbocycles. The summed E-state index contributed by atoms with van der Waals surface area (Å²) in [6, 6.07) is 0. The molecule has 0 aromatic rings. The van der Waals surface area contributed by atoms with E-state index in [4.69, 9.17) is 5.73 Å². The second kappa shape index (κ2) is 4.81. The SMILES string of the molecule is NC(=O)CNCCNC(=O)C1CC1. The molecule has 13 heavy (non-hydrogen) atoms. The molecule has 0 unspecified atom stereocenters. The van der Waals surface area contributed by atoms with Crippen molar-refractivity contribution in [3.8, 4) is 0 Å². The first-order chi connectivity index (χ1) is 6.20. The van der Waals surface area contributed by atoms with Crippen molar-refractivity contribution in [3.05, 3.63) is 0 Å². The van der Waals surface area contributed by atoms with Crippen molar-refractivity contribution >= 4 is 11.8 Å². The van der Waals surface area contributed by atoms with Crippen molar-refractivity contribution in [3.63, 3.8) is 0 Å². The minimum Gasteiger partial charge on any atom is -0.369 e. The van der Waals surface area contributed by atoms with Crippen LogP contribution in [-0.2, 0) is 9.59 Å².